The molecule has 0 radical (unpaired) electrons. The van der Waals surface area contributed by atoms with E-state index in [0.717, 1.165) is 0 Å². The van der Waals surface area contributed by atoms with E-state index in [-0.39, 0.29) is 17.5 Å². The van der Waals surface area contributed by atoms with Gasteiger partial charge >= 0.3 is 5.97 Å². The van der Waals surface area contributed by atoms with E-state index in [1.165, 1.54) is 16.9 Å². The van der Waals surface area contributed by atoms with Gasteiger partial charge in [-0.1, -0.05) is 0 Å². The molecule has 2 N–H and O–H groups in total. The zero-order valence-corrected chi connectivity index (χ0v) is 8.01. The standard InChI is InChI=1S/C9H11N3O3/c13-8-3-6(4-10-8)5-12-7(9(14)15)1-2-11-12/h1-2,6H,3-5H2,(H,10,13)(H,14,15). The lowest BCUT2D eigenvalue weighted by molar-refractivity contribution is -0.119. The van der Waals surface area contributed by atoms with Crippen LogP contribution in [0.15, 0.2) is 12.3 Å². The van der Waals surface area contributed by atoms with Gasteiger partial charge in [-0.05, 0) is 6.07 Å². The molecule has 2 heterocycles. The van der Waals surface area contributed by atoms with Crippen molar-refractivity contribution < 1.29 is 14.7 Å². The second-order valence-electron chi connectivity index (χ2n) is 3.58. The monoisotopic (exact) mass is 209 g/mol. The number of amides is 1. The number of carbonyl (C=O) groups excluding carboxylic acids is 1. The summed E-state index contributed by atoms with van der Waals surface area (Å²) in [4.78, 5) is 21.7. The van der Waals surface area contributed by atoms with Crippen LogP contribution in [0.1, 0.15) is 16.9 Å². The van der Waals surface area contributed by atoms with Crippen molar-refractivity contribution in [3.05, 3.63) is 18.0 Å². The average molecular weight is 209 g/mol. The number of aromatic nitrogens is 2. The minimum absolute atomic E-state index is 0.0176. The SMILES string of the molecule is O=C1CC(Cn2nccc2C(=O)O)CN1. The Morgan fingerprint density at radius 3 is 3.13 bits per heavy atom. The Balaban J connectivity index is 2.07. The van der Waals surface area contributed by atoms with Crippen LogP contribution in [0.3, 0.4) is 0 Å². The summed E-state index contributed by atoms with van der Waals surface area (Å²) in [6, 6.07) is 1.45. The Labute approximate surface area is 85.9 Å². The van der Waals surface area contributed by atoms with Crippen molar-refractivity contribution in [2.75, 3.05) is 6.54 Å². The summed E-state index contributed by atoms with van der Waals surface area (Å²) < 4.78 is 1.42. The molecule has 1 unspecified atom stereocenters. The van der Waals surface area contributed by atoms with E-state index < -0.39 is 5.97 Å². The predicted octanol–water partition coefficient (Wildman–Crippen LogP) is -0.283. The van der Waals surface area contributed by atoms with Crippen LogP contribution in [0.2, 0.25) is 0 Å². The first-order valence-corrected chi connectivity index (χ1v) is 4.68. The minimum Gasteiger partial charge on any atom is -0.477 e. The molecule has 6 nitrogen and oxygen atoms in total. The van der Waals surface area contributed by atoms with Crippen molar-refractivity contribution in [3.63, 3.8) is 0 Å². The van der Waals surface area contributed by atoms with Gasteiger partial charge in [0.25, 0.3) is 0 Å². The third-order valence-electron chi connectivity index (χ3n) is 2.43. The summed E-state index contributed by atoms with van der Waals surface area (Å²) in [5, 5.41) is 15.5. The lowest BCUT2D eigenvalue weighted by atomic mass is 10.1. The summed E-state index contributed by atoms with van der Waals surface area (Å²) >= 11 is 0. The molecule has 0 saturated carbocycles. The van der Waals surface area contributed by atoms with Gasteiger partial charge in [0.05, 0.1) is 0 Å². The highest BCUT2D eigenvalue weighted by Gasteiger charge is 2.23. The third kappa shape index (κ3) is 1.98. The van der Waals surface area contributed by atoms with Crippen LogP contribution in [-0.2, 0) is 11.3 Å². The molecule has 0 bridgehead atoms. The van der Waals surface area contributed by atoms with E-state index >= 15 is 0 Å². The Morgan fingerprint density at radius 2 is 2.53 bits per heavy atom. The fraction of sp³-hybridized carbons (Fsp3) is 0.444. The maximum atomic E-state index is 10.9. The number of nitrogens with zero attached hydrogens (tertiary/aromatic N) is 2. The summed E-state index contributed by atoms with van der Waals surface area (Å²) in [5.41, 5.74) is 0.161. The maximum absolute atomic E-state index is 10.9. The Bertz CT molecular complexity index is 399. The maximum Gasteiger partial charge on any atom is 0.354 e. The number of carboxylic acids is 1. The molecule has 1 amide bonds. The summed E-state index contributed by atoms with van der Waals surface area (Å²) in [5.74, 6) is -0.843. The molecule has 1 aliphatic heterocycles. The molecular weight excluding hydrogens is 198 g/mol. The van der Waals surface area contributed by atoms with Gasteiger partial charge in [0.15, 0.2) is 0 Å². The zero-order chi connectivity index (χ0) is 10.8. The zero-order valence-electron chi connectivity index (χ0n) is 8.01. The molecule has 0 spiro atoms. The van der Waals surface area contributed by atoms with Gasteiger partial charge in [-0.15, -0.1) is 0 Å². The first kappa shape index (κ1) is 9.70. The van der Waals surface area contributed by atoms with E-state index in [9.17, 15) is 9.59 Å². The van der Waals surface area contributed by atoms with Crippen LogP contribution < -0.4 is 5.32 Å². The fourth-order valence-electron chi connectivity index (χ4n) is 1.70. The number of carboxylic acid groups (broad SMARTS) is 1. The Hall–Kier alpha value is -1.85. The molecule has 1 aromatic rings. The first-order chi connectivity index (χ1) is 7.16. The summed E-state index contributed by atoms with van der Waals surface area (Å²) in [6.45, 7) is 1.06. The summed E-state index contributed by atoms with van der Waals surface area (Å²) in [6.07, 6.45) is 1.90. The van der Waals surface area contributed by atoms with Crippen LogP contribution in [0, 0.1) is 5.92 Å². The van der Waals surface area contributed by atoms with E-state index in [0.29, 0.717) is 19.5 Å². The second kappa shape index (κ2) is 3.72. The number of hydrogen-bond donors (Lipinski definition) is 2. The normalized spacial score (nSPS) is 20.3. The summed E-state index contributed by atoms with van der Waals surface area (Å²) in [7, 11) is 0. The smallest absolute Gasteiger partial charge is 0.354 e. The fourth-order valence-corrected chi connectivity index (χ4v) is 1.70. The lowest BCUT2D eigenvalue weighted by Gasteiger charge is -2.08. The van der Waals surface area contributed by atoms with E-state index in [4.69, 9.17) is 5.11 Å². The topological polar surface area (TPSA) is 84.2 Å². The molecule has 1 aliphatic rings. The number of nitrogens with one attached hydrogen (secondary N) is 1. The number of rotatable bonds is 3. The molecule has 1 fully saturated rings. The van der Waals surface area contributed by atoms with E-state index in [1.807, 2.05) is 0 Å². The highest BCUT2D eigenvalue weighted by molar-refractivity contribution is 5.85. The number of hydrogen-bond acceptors (Lipinski definition) is 3. The van der Waals surface area contributed by atoms with Gasteiger partial charge in [-0.2, -0.15) is 5.10 Å². The molecule has 6 heteroatoms. The Morgan fingerprint density at radius 1 is 1.73 bits per heavy atom. The van der Waals surface area contributed by atoms with Crippen LogP contribution in [0.4, 0.5) is 0 Å². The molecule has 80 valence electrons. The molecule has 2 rings (SSSR count). The van der Waals surface area contributed by atoms with Crippen LogP contribution in [-0.4, -0.2) is 33.3 Å². The van der Waals surface area contributed by atoms with Crippen molar-refractivity contribution in [2.45, 2.75) is 13.0 Å². The van der Waals surface area contributed by atoms with Gasteiger partial charge in [-0.3, -0.25) is 9.48 Å². The number of carbonyl (C=O) groups is 2. The van der Waals surface area contributed by atoms with Crippen LogP contribution in [0.5, 0.6) is 0 Å². The first-order valence-electron chi connectivity index (χ1n) is 4.68. The predicted molar refractivity (Wildman–Crippen MR) is 50.3 cm³/mol. The highest BCUT2D eigenvalue weighted by atomic mass is 16.4. The van der Waals surface area contributed by atoms with Crippen molar-refractivity contribution in [2.24, 2.45) is 5.92 Å². The van der Waals surface area contributed by atoms with Crippen molar-refractivity contribution in [1.82, 2.24) is 15.1 Å². The molecule has 15 heavy (non-hydrogen) atoms. The molecular formula is C9H11N3O3. The lowest BCUT2D eigenvalue weighted by Crippen LogP contribution is -2.19. The van der Waals surface area contributed by atoms with Crippen LogP contribution >= 0.6 is 0 Å². The quantitative estimate of drug-likeness (QED) is 0.716. The van der Waals surface area contributed by atoms with Gasteiger partial charge in [0.2, 0.25) is 5.91 Å². The number of aromatic carboxylic acids is 1. The molecule has 1 atom stereocenters. The highest BCUT2D eigenvalue weighted by Crippen LogP contribution is 2.12. The van der Waals surface area contributed by atoms with Crippen molar-refractivity contribution >= 4 is 11.9 Å². The van der Waals surface area contributed by atoms with Crippen LogP contribution in [0.25, 0.3) is 0 Å². The van der Waals surface area contributed by atoms with Gasteiger partial charge in [0.1, 0.15) is 5.69 Å². The molecule has 1 saturated heterocycles. The largest absolute Gasteiger partial charge is 0.477 e. The van der Waals surface area contributed by atoms with Crippen molar-refractivity contribution in [1.29, 1.82) is 0 Å². The van der Waals surface area contributed by atoms with Gasteiger partial charge < -0.3 is 10.4 Å². The average Bonchev–Trinajstić information content (AvgIpc) is 2.75. The molecule has 0 aliphatic carbocycles. The van der Waals surface area contributed by atoms with Gasteiger partial charge in [0, 0.05) is 31.6 Å². The van der Waals surface area contributed by atoms with Crippen molar-refractivity contribution in [3.8, 4) is 0 Å². The Kier molecular flexibility index (Phi) is 2.40. The second-order valence-corrected chi connectivity index (χ2v) is 3.58. The molecule has 1 aromatic heterocycles. The van der Waals surface area contributed by atoms with Gasteiger partial charge in [-0.25, -0.2) is 4.79 Å². The minimum atomic E-state index is -0.996. The van der Waals surface area contributed by atoms with E-state index in [1.54, 1.807) is 0 Å². The van der Waals surface area contributed by atoms with E-state index in [2.05, 4.69) is 10.4 Å². The molecule has 0 aromatic carbocycles. The third-order valence-corrected chi connectivity index (χ3v) is 2.43.